The molecule has 3 heterocycles. The Morgan fingerprint density at radius 1 is 1.28 bits per heavy atom. The molecule has 1 saturated heterocycles. The van der Waals surface area contributed by atoms with Crippen LogP contribution in [0.4, 0.5) is 10.7 Å². The fraction of sp³-hybridized carbons (Fsp3) is 0.429. The minimum Gasteiger partial charge on any atom is -0.490 e. The highest BCUT2D eigenvalue weighted by molar-refractivity contribution is 7.18. The van der Waals surface area contributed by atoms with Crippen molar-refractivity contribution in [2.24, 2.45) is 5.92 Å². The Morgan fingerprint density at radius 3 is 2.97 bits per heavy atom. The summed E-state index contributed by atoms with van der Waals surface area (Å²) in [5.41, 5.74) is 0.907. The van der Waals surface area contributed by atoms with E-state index in [0.717, 1.165) is 29.3 Å². The molecule has 1 aromatic heterocycles. The van der Waals surface area contributed by atoms with Gasteiger partial charge in [0.2, 0.25) is 0 Å². The third-order valence-corrected chi connectivity index (χ3v) is 6.51. The monoisotopic (exact) mass is 434 g/mol. The summed E-state index contributed by atoms with van der Waals surface area (Å²) >= 11 is 7.62. The molecule has 6 nitrogen and oxygen atoms in total. The van der Waals surface area contributed by atoms with E-state index in [1.165, 1.54) is 11.3 Å². The van der Waals surface area contributed by atoms with Gasteiger partial charge in [0.05, 0.1) is 34.6 Å². The molecule has 154 valence electrons. The van der Waals surface area contributed by atoms with Gasteiger partial charge in [-0.05, 0) is 50.1 Å². The van der Waals surface area contributed by atoms with Crippen LogP contribution in [0.1, 0.15) is 29.4 Å². The number of esters is 1. The van der Waals surface area contributed by atoms with Gasteiger partial charge in [0.1, 0.15) is 12.4 Å². The summed E-state index contributed by atoms with van der Waals surface area (Å²) in [6.45, 7) is 4.51. The molecule has 2 aromatic rings. The van der Waals surface area contributed by atoms with Gasteiger partial charge in [0, 0.05) is 18.1 Å². The van der Waals surface area contributed by atoms with Crippen LogP contribution in [0, 0.1) is 5.92 Å². The Hall–Kier alpha value is -2.25. The van der Waals surface area contributed by atoms with E-state index in [1.807, 2.05) is 30.3 Å². The first-order valence-corrected chi connectivity index (χ1v) is 11.0. The zero-order valence-electron chi connectivity index (χ0n) is 16.2. The molecular formula is C21H23ClN2O4S. The smallest absolute Gasteiger partial charge is 0.310 e. The average molecular weight is 435 g/mol. The fourth-order valence-corrected chi connectivity index (χ4v) is 4.96. The third kappa shape index (κ3) is 4.21. The lowest BCUT2D eigenvalue weighted by molar-refractivity contribution is -0.149. The van der Waals surface area contributed by atoms with Gasteiger partial charge in [-0.3, -0.25) is 9.59 Å². The van der Waals surface area contributed by atoms with Crippen molar-refractivity contribution in [1.29, 1.82) is 0 Å². The number of rotatable bonds is 4. The van der Waals surface area contributed by atoms with Crippen molar-refractivity contribution in [3.63, 3.8) is 0 Å². The molecule has 0 unspecified atom stereocenters. The van der Waals surface area contributed by atoms with Gasteiger partial charge in [0.15, 0.2) is 0 Å². The van der Waals surface area contributed by atoms with Gasteiger partial charge >= 0.3 is 5.97 Å². The molecule has 2 aliphatic rings. The average Bonchev–Trinajstić information content (AvgIpc) is 3.23. The van der Waals surface area contributed by atoms with E-state index < -0.39 is 0 Å². The molecule has 1 amide bonds. The minimum absolute atomic E-state index is 0.0326. The second-order valence-electron chi connectivity index (χ2n) is 7.09. The highest BCUT2D eigenvalue weighted by Crippen LogP contribution is 2.41. The summed E-state index contributed by atoms with van der Waals surface area (Å²) in [5.74, 6) is 0.309. The maximum absolute atomic E-state index is 13.0. The molecule has 0 radical (unpaired) electrons. The quantitative estimate of drug-likeness (QED) is 0.669. The first-order chi connectivity index (χ1) is 14.1. The number of ether oxygens (including phenoxy) is 2. The lowest BCUT2D eigenvalue weighted by Crippen LogP contribution is -2.42. The number of hydrogen-bond acceptors (Lipinski definition) is 6. The molecule has 0 saturated carbocycles. The van der Waals surface area contributed by atoms with E-state index in [1.54, 1.807) is 11.8 Å². The molecule has 1 aromatic carbocycles. The molecule has 29 heavy (non-hydrogen) atoms. The summed E-state index contributed by atoms with van der Waals surface area (Å²) < 4.78 is 10.9. The highest BCUT2D eigenvalue weighted by atomic mass is 35.5. The first-order valence-electron chi connectivity index (χ1n) is 9.82. The van der Waals surface area contributed by atoms with Gasteiger partial charge < -0.3 is 19.3 Å². The van der Waals surface area contributed by atoms with Crippen molar-refractivity contribution in [3.8, 4) is 5.75 Å². The predicted octanol–water partition coefficient (Wildman–Crippen LogP) is 4.35. The number of carbonyl (C=O) groups is 2. The van der Waals surface area contributed by atoms with E-state index in [9.17, 15) is 9.59 Å². The van der Waals surface area contributed by atoms with Crippen LogP contribution >= 0.6 is 22.9 Å². The Kier molecular flexibility index (Phi) is 5.96. The number of carbonyl (C=O) groups excluding carboxylic acids is 2. The van der Waals surface area contributed by atoms with Gasteiger partial charge in [-0.25, -0.2) is 0 Å². The van der Waals surface area contributed by atoms with E-state index in [0.29, 0.717) is 42.7 Å². The van der Waals surface area contributed by atoms with E-state index in [4.69, 9.17) is 21.1 Å². The van der Waals surface area contributed by atoms with Crippen molar-refractivity contribution >= 4 is 45.5 Å². The zero-order valence-corrected chi connectivity index (χ0v) is 17.8. The zero-order chi connectivity index (χ0) is 20.4. The lowest BCUT2D eigenvalue weighted by Gasteiger charge is -2.31. The number of hydrogen-bond donors (Lipinski definition) is 0. The lowest BCUT2D eigenvalue weighted by atomic mass is 9.98. The van der Waals surface area contributed by atoms with E-state index in [-0.39, 0.29) is 17.8 Å². The van der Waals surface area contributed by atoms with E-state index in [2.05, 4.69) is 4.90 Å². The SMILES string of the molecule is CCOC(=O)[C@@H]1CCCN(C(=O)c2ccc(N3CCOc4ccc(Cl)cc43)s2)C1. The topological polar surface area (TPSA) is 59.1 Å². The normalized spacial score (nSPS) is 18.8. The summed E-state index contributed by atoms with van der Waals surface area (Å²) in [6.07, 6.45) is 1.58. The van der Waals surface area contributed by atoms with Crippen LogP contribution in [0.2, 0.25) is 5.02 Å². The van der Waals surface area contributed by atoms with Crippen LogP contribution < -0.4 is 9.64 Å². The number of piperidine rings is 1. The number of likely N-dealkylation sites (tertiary alicyclic amines) is 1. The standard InChI is InChI=1S/C21H23ClN2O4S/c1-2-27-21(26)14-4-3-9-23(13-14)20(25)18-7-8-19(29-18)24-10-11-28-17-6-5-15(22)12-16(17)24/h5-8,12,14H,2-4,9-11,13H2,1H3/t14-/m1/s1. The number of thiophene rings is 1. The number of fused-ring (bicyclic) bond motifs is 1. The van der Waals surface area contributed by atoms with Gasteiger partial charge in [0.25, 0.3) is 5.91 Å². The molecule has 0 aliphatic carbocycles. The molecule has 1 fully saturated rings. The van der Waals surface area contributed by atoms with Crippen molar-refractivity contribution in [2.75, 3.05) is 37.7 Å². The van der Waals surface area contributed by atoms with Crippen LogP contribution in [0.3, 0.4) is 0 Å². The highest BCUT2D eigenvalue weighted by Gasteiger charge is 2.31. The second-order valence-corrected chi connectivity index (χ2v) is 8.59. The molecule has 0 spiro atoms. The van der Waals surface area contributed by atoms with Crippen molar-refractivity contribution in [3.05, 3.63) is 40.2 Å². The number of amides is 1. The Bertz CT molecular complexity index is 916. The van der Waals surface area contributed by atoms with Crippen LogP contribution in [0.5, 0.6) is 5.75 Å². The predicted molar refractivity (Wildman–Crippen MR) is 114 cm³/mol. The third-order valence-electron chi connectivity index (χ3n) is 5.18. The molecule has 8 heteroatoms. The maximum Gasteiger partial charge on any atom is 0.310 e. The van der Waals surface area contributed by atoms with Crippen LogP contribution in [0.15, 0.2) is 30.3 Å². The molecule has 2 aliphatic heterocycles. The molecule has 1 atom stereocenters. The summed E-state index contributed by atoms with van der Waals surface area (Å²) in [6, 6.07) is 9.37. The van der Waals surface area contributed by atoms with Gasteiger partial charge in [-0.1, -0.05) is 11.6 Å². The van der Waals surface area contributed by atoms with E-state index >= 15 is 0 Å². The number of halogens is 1. The summed E-state index contributed by atoms with van der Waals surface area (Å²) in [7, 11) is 0. The molecule has 0 N–H and O–H groups in total. The molecule has 4 rings (SSSR count). The maximum atomic E-state index is 13.0. The van der Waals surface area contributed by atoms with Gasteiger partial charge in [-0.2, -0.15) is 0 Å². The number of nitrogens with zero attached hydrogens (tertiary/aromatic N) is 2. The van der Waals surface area contributed by atoms with Crippen LogP contribution in [-0.2, 0) is 9.53 Å². The Labute approximate surface area is 179 Å². The first kappa shape index (κ1) is 20.0. The van der Waals surface area contributed by atoms with Crippen LogP contribution in [-0.4, -0.2) is 49.6 Å². The number of anilines is 2. The van der Waals surface area contributed by atoms with Crippen molar-refractivity contribution in [2.45, 2.75) is 19.8 Å². The second kappa shape index (κ2) is 8.63. The van der Waals surface area contributed by atoms with Crippen molar-refractivity contribution < 1.29 is 19.1 Å². The van der Waals surface area contributed by atoms with Crippen molar-refractivity contribution in [1.82, 2.24) is 4.90 Å². The molecular weight excluding hydrogens is 412 g/mol. The fourth-order valence-electron chi connectivity index (χ4n) is 3.78. The Morgan fingerprint density at radius 2 is 2.14 bits per heavy atom. The van der Waals surface area contributed by atoms with Crippen LogP contribution in [0.25, 0.3) is 0 Å². The Balaban J connectivity index is 1.50. The number of benzene rings is 1. The molecule has 0 bridgehead atoms. The largest absolute Gasteiger partial charge is 0.490 e. The minimum atomic E-state index is -0.236. The summed E-state index contributed by atoms with van der Waals surface area (Å²) in [5, 5.41) is 1.62. The summed E-state index contributed by atoms with van der Waals surface area (Å²) in [4.78, 5) is 29.7. The van der Waals surface area contributed by atoms with Gasteiger partial charge in [-0.15, -0.1) is 11.3 Å².